The maximum atomic E-state index is 5.74. The van der Waals surface area contributed by atoms with E-state index in [0.29, 0.717) is 0 Å². The van der Waals surface area contributed by atoms with Crippen molar-refractivity contribution < 1.29 is 0 Å². The molecule has 0 radical (unpaired) electrons. The topological polar surface area (TPSA) is 17.8 Å². The Morgan fingerprint density at radius 1 is 1.36 bits per heavy atom. The van der Waals surface area contributed by atoms with Gasteiger partial charge in [-0.3, -0.25) is 4.68 Å². The third-order valence-electron chi connectivity index (χ3n) is 1.78. The summed E-state index contributed by atoms with van der Waals surface area (Å²) in [5, 5.41) is 4.18. The molecule has 0 spiro atoms. The molecule has 1 rings (SSSR count). The molecular weight excluding hydrogens is 183 g/mol. The monoisotopic (exact) mass is 192 g/mol. The standard InChI is InChI=1S/C7H10Cl2N2/c1-4-6(7(8)9)5(2)11(3)10-4/h7H,1-3H3. The van der Waals surface area contributed by atoms with Crippen molar-refractivity contribution in [1.29, 1.82) is 0 Å². The van der Waals surface area contributed by atoms with E-state index in [9.17, 15) is 0 Å². The molecule has 11 heavy (non-hydrogen) atoms. The van der Waals surface area contributed by atoms with E-state index in [1.807, 2.05) is 20.9 Å². The zero-order chi connectivity index (χ0) is 8.59. The quantitative estimate of drug-likeness (QED) is 0.626. The molecule has 0 amide bonds. The number of nitrogens with zero attached hydrogens (tertiary/aromatic N) is 2. The number of rotatable bonds is 1. The Morgan fingerprint density at radius 3 is 2.09 bits per heavy atom. The summed E-state index contributed by atoms with van der Waals surface area (Å²) in [5.41, 5.74) is 2.85. The highest BCUT2D eigenvalue weighted by Crippen LogP contribution is 2.29. The molecule has 1 aromatic heterocycles. The molecule has 0 N–H and O–H groups in total. The molecule has 0 aliphatic rings. The Morgan fingerprint density at radius 2 is 1.91 bits per heavy atom. The van der Waals surface area contributed by atoms with Crippen molar-refractivity contribution in [2.75, 3.05) is 0 Å². The Kier molecular flexibility index (Phi) is 2.45. The molecule has 1 aromatic rings. The fourth-order valence-electron chi connectivity index (χ4n) is 1.11. The number of aryl methyl sites for hydroxylation is 2. The van der Waals surface area contributed by atoms with Crippen molar-refractivity contribution in [3.05, 3.63) is 17.0 Å². The van der Waals surface area contributed by atoms with E-state index >= 15 is 0 Å². The zero-order valence-electron chi connectivity index (χ0n) is 6.73. The number of aromatic nitrogens is 2. The van der Waals surface area contributed by atoms with Crippen molar-refractivity contribution in [1.82, 2.24) is 9.78 Å². The lowest BCUT2D eigenvalue weighted by atomic mass is 10.2. The summed E-state index contributed by atoms with van der Waals surface area (Å²) < 4.78 is 1.78. The lowest BCUT2D eigenvalue weighted by Crippen LogP contribution is -1.93. The molecule has 0 saturated carbocycles. The van der Waals surface area contributed by atoms with Crippen molar-refractivity contribution in [3.8, 4) is 0 Å². The number of halogens is 2. The third kappa shape index (κ3) is 1.52. The van der Waals surface area contributed by atoms with E-state index < -0.39 is 4.84 Å². The van der Waals surface area contributed by atoms with Crippen LogP contribution in [0.2, 0.25) is 0 Å². The second-order valence-corrected chi connectivity index (χ2v) is 3.61. The Hall–Kier alpha value is -0.210. The van der Waals surface area contributed by atoms with Gasteiger partial charge in [-0.15, -0.1) is 0 Å². The molecule has 0 aromatic carbocycles. The van der Waals surface area contributed by atoms with Gasteiger partial charge in [-0.05, 0) is 13.8 Å². The lowest BCUT2D eigenvalue weighted by molar-refractivity contribution is 0.730. The zero-order valence-corrected chi connectivity index (χ0v) is 8.24. The molecule has 1 heterocycles. The molecule has 0 fully saturated rings. The van der Waals surface area contributed by atoms with E-state index in [2.05, 4.69) is 5.10 Å². The summed E-state index contributed by atoms with van der Waals surface area (Å²) in [6.07, 6.45) is 0. The fraction of sp³-hybridized carbons (Fsp3) is 0.571. The summed E-state index contributed by atoms with van der Waals surface area (Å²) in [4.78, 5) is -0.469. The van der Waals surface area contributed by atoms with Gasteiger partial charge in [0, 0.05) is 18.3 Å². The molecule has 4 heteroatoms. The van der Waals surface area contributed by atoms with E-state index in [1.165, 1.54) is 0 Å². The second kappa shape index (κ2) is 3.03. The summed E-state index contributed by atoms with van der Waals surface area (Å²) in [7, 11) is 1.88. The van der Waals surface area contributed by atoms with Crippen LogP contribution in [0.25, 0.3) is 0 Å². The molecule has 0 bridgehead atoms. The normalized spacial score (nSPS) is 11.1. The minimum Gasteiger partial charge on any atom is -0.272 e. The van der Waals surface area contributed by atoms with Crippen molar-refractivity contribution in [2.45, 2.75) is 18.7 Å². The van der Waals surface area contributed by atoms with Gasteiger partial charge in [0.15, 0.2) is 0 Å². The predicted octanol–water partition coefficient (Wildman–Crippen LogP) is 2.51. The smallest absolute Gasteiger partial charge is 0.136 e. The van der Waals surface area contributed by atoms with E-state index in [1.54, 1.807) is 4.68 Å². The second-order valence-electron chi connectivity index (χ2n) is 2.51. The Balaban J connectivity index is 3.22. The third-order valence-corrected chi connectivity index (χ3v) is 2.22. The van der Waals surface area contributed by atoms with Crippen molar-refractivity contribution in [3.63, 3.8) is 0 Å². The minimum absolute atomic E-state index is 0.469. The van der Waals surface area contributed by atoms with Crippen LogP contribution >= 0.6 is 23.2 Å². The van der Waals surface area contributed by atoms with Gasteiger partial charge in [-0.1, -0.05) is 23.2 Å². The van der Waals surface area contributed by atoms with Gasteiger partial charge in [-0.25, -0.2) is 0 Å². The summed E-state index contributed by atoms with van der Waals surface area (Å²) in [6, 6.07) is 0. The van der Waals surface area contributed by atoms with Crippen LogP contribution in [0.3, 0.4) is 0 Å². The number of hydrogen-bond donors (Lipinski definition) is 0. The van der Waals surface area contributed by atoms with Gasteiger partial charge >= 0.3 is 0 Å². The maximum Gasteiger partial charge on any atom is 0.136 e. The van der Waals surface area contributed by atoms with E-state index in [-0.39, 0.29) is 0 Å². The van der Waals surface area contributed by atoms with Gasteiger partial charge in [0.05, 0.1) is 5.69 Å². The maximum absolute atomic E-state index is 5.74. The Bertz CT molecular complexity index is 266. The first-order valence-electron chi connectivity index (χ1n) is 3.32. The van der Waals surface area contributed by atoms with Gasteiger partial charge in [0.1, 0.15) is 4.84 Å². The van der Waals surface area contributed by atoms with Crippen LogP contribution in [0.5, 0.6) is 0 Å². The average Bonchev–Trinajstić information content (AvgIpc) is 2.07. The minimum atomic E-state index is -0.469. The van der Waals surface area contributed by atoms with Crippen LogP contribution in [-0.4, -0.2) is 9.78 Å². The molecule has 0 aliphatic heterocycles. The average molecular weight is 193 g/mol. The van der Waals surface area contributed by atoms with Gasteiger partial charge in [0.2, 0.25) is 0 Å². The predicted molar refractivity (Wildman–Crippen MR) is 47.1 cm³/mol. The van der Waals surface area contributed by atoms with Crippen LogP contribution in [0.1, 0.15) is 21.8 Å². The highest BCUT2D eigenvalue weighted by molar-refractivity contribution is 6.44. The number of alkyl halides is 2. The van der Waals surface area contributed by atoms with E-state index in [0.717, 1.165) is 17.0 Å². The molecule has 0 aliphatic carbocycles. The largest absolute Gasteiger partial charge is 0.272 e. The summed E-state index contributed by atoms with van der Waals surface area (Å²) >= 11 is 11.5. The molecule has 62 valence electrons. The number of hydrogen-bond acceptors (Lipinski definition) is 1. The van der Waals surface area contributed by atoms with Gasteiger partial charge < -0.3 is 0 Å². The van der Waals surface area contributed by atoms with Crippen LogP contribution in [0.4, 0.5) is 0 Å². The van der Waals surface area contributed by atoms with Gasteiger partial charge in [0.25, 0.3) is 0 Å². The Labute approximate surface area is 76.1 Å². The van der Waals surface area contributed by atoms with E-state index in [4.69, 9.17) is 23.2 Å². The first-order chi connectivity index (χ1) is 5.04. The molecule has 2 nitrogen and oxygen atoms in total. The summed E-state index contributed by atoms with van der Waals surface area (Å²) in [6.45, 7) is 3.85. The van der Waals surface area contributed by atoms with Crippen molar-refractivity contribution in [2.24, 2.45) is 7.05 Å². The van der Waals surface area contributed by atoms with Gasteiger partial charge in [-0.2, -0.15) is 5.10 Å². The SMILES string of the molecule is Cc1nn(C)c(C)c1C(Cl)Cl. The van der Waals surface area contributed by atoms with Crippen LogP contribution in [-0.2, 0) is 7.05 Å². The fourth-order valence-corrected chi connectivity index (χ4v) is 1.74. The molecule has 0 unspecified atom stereocenters. The lowest BCUT2D eigenvalue weighted by Gasteiger charge is -2.00. The molecule has 0 atom stereocenters. The van der Waals surface area contributed by atoms with Crippen LogP contribution in [0.15, 0.2) is 0 Å². The first-order valence-corrected chi connectivity index (χ1v) is 4.19. The molecule has 0 saturated heterocycles. The summed E-state index contributed by atoms with van der Waals surface area (Å²) in [5.74, 6) is 0. The first kappa shape index (κ1) is 8.88. The van der Waals surface area contributed by atoms with Crippen LogP contribution in [0, 0.1) is 13.8 Å². The van der Waals surface area contributed by atoms with Crippen molar-refractivity contribution >= 4 is 23.2 Å². The van der Waals surface area contributed by atoms with Crippen LogP contribution < -0.4 is 0 Å². The highest BCUT2D eigenvalue weighted by atomic mass is 35.5. The molecular formula is C7H10Cl2N2. The highest BCUT2D eigenvalue weighted by Gasteiger charge is 2.14.